The summed E-state index contributed by atoms with van der Waals surface area (Å²) in [6, 6.07) is 7.79. The van der Waals surface area contributed by atoms with Gasteiger partial charge in [-0.3, -0.25) is 4.90 Å². The van der Waals surface area contributed by atoms with Crippen LogP contribution in [-0.4, -0.2) is 36.2 Å². The summed E-state index contributed by atoms with van der Waals surface area (Å²) in [6.45, 7) is 10.0. The van der Waals surface area contributed by atoms with Crippen LogP contribution in [0, 0.1) is 11.8 Å². The number of rotatable bonds is 5. The first kappa shape index (κ1) is 14.4. The first-order valence-electron chi connectivity index (χ1n) is 7.24. The van der Waals surface area contributed by atoms with E-state index in [9.17, 15) is 5.11 Å². The average molecular weight is 263 g/mol. The quantitative estimate of drug-likeness (QED) is 0.886. The van der Waals surface area contributed by atoms with Crippen molar-refractivity contribution in [3.05, 3.63) is 29.8 Å². The van der Waals surface area contributed by atoms with E-state index in [0.29, 0.717) is 25.0 Å². The Balaban J connectivity index is 2.02. The molecule has 0 aromatic heterocycles. The van der Waals surface area contributed by atoms with Gasteiger partial charge in [0.2, 0.25) is 0 Å². The largest absolute Gasteiger partial charge is 0.493 e. The van der Waals surface area contributed by atoms with Crippen LogP contribution < -0.4 is 4.74 Å². The Morgan fingerprint density at radius 1 is 1.26 bits per heavy atom. The van der Waals surface area contributed by atoms with Gasteiger partial charge in [0.05, 0.1) is 12.7 Å². The highest BCUT2D eigenvalue weighted by Gasteiger charge is 2.28. The van der Waals surface area contributed by atoms with Crippen LogP contribution in [0.5, 0.6) is 5.75 Å². The van der Waals surface area contributed by atoms with E-state index < -0.39 is 6.10 Å². The molecule has 3 nitrogen and oxygen atoms in total. The molecule has 1 aliphatic rings. The molecule has 1 saturated heterocycles. The summed E-state index contributed by atoms with van der Waals surface area (Å²) < 4.78 is 5.59. The fraction of sp³-hybridized carbons (Fsp3) is 0.625. The molecule has 1 aromatic carbocycles. The van der Waals surface area contributed by atoms with Crippen LogP contribution >= 0.6 is 0 Å². The third-order valence-electron chi connectivity index (χ3n) is 4.07. The van der Waals surface area contributed by atoms with E-state index in [1.54, 1.807) is 0 Å². The number of aliphatic hydroxyl groups excluding tert-OH is 1. The van der Waals surface area contributed by atoms with Crippen molar-refractivity contribution in [2.45, 2.75) is 26.9 Å². The number of para-hydroxylation sites is 1. The second-order valence-corrected chi connectivity index (χ2v) is 5.66. The summed E-state index contributed by atoms with van der Waals surface area (Å²) in [4.78, 5) is 2.35. The lowest BCUT2D eigenvalue weighted by atomic mass is 10.0. The lowest BCUT2D eigenvalue weighted by molar-refractivity contribution is 0.120. The van der Waals surface area contributed by atoms with Crippen LogP contribution in [-0.2, 0) is 0 Å². The maximum atomic E-state index is 10.4. The van der Waals surface area contributed by atoms with Crippen LogP contribution in [0.25, 0.3) is 0 Å². The standard InChI is InChI=1S/C16H25NO2/c1-4-19-16-8-6-5-7-14(16)15(18)11-17-9-12(2)13(3)10-17/h5-8,12-13,15,18H,4,9-11H2,1-3H3. The zero-order valence-corrected chi connectivity index (χ0v) is 12.2. The van der Waals surface area contributed by atoms with E-state index in [1.165, 1.54) is 0 Å². The second kappa shape index (κ2) is 6.40. The van der Waals surface area contributed by atoms with E-state index in [1.807, 2.05) is 31.2 Å². The number of nitrogens with zero attached hydrogens (tertiary/aromatic N) is 1. The molecule has 1 aromatic rings. The van der Waals surface area contributed by atoms with E-state index in [2.05, 4.69) is 18.7 Å². The molecule has 0 spiro atoms. The smallest absolute Gasteiger partial charge is 0.125 e. The summed E-state index contributed by atoms with van der Waals surface area (Å²) in [7, 11) is 0. The minimum Gasteiger partial charge on any atom is -0.493 e. The molecule has 0 bridgehead atoms. The van der Waals surface area contributed by atoms with Crippen molar-refractivity contribution >= 4 is 0 Å². The van der Waals surface area contributed by atoms with Gasteiger partial charge in [0, 0.05) is 25.2 Å². The lowest BCUT2D eigenvalue weighted by Crippen LogP contribution is -2.26. The van der Waals surface area contributed by atoms with Gasteiger partial charge in [-0.1, -0.05) is 32.0 Å². The Labute approximate surface area is 116 Å². The van der Waals surface area contributed by atoms with Crippen molar-refractivity contribution in [3.63, 3.8) is 0 Å². The molecule has 0 radical (unpaired) electrons. The Hall–Kier alpha value is -1.06. The summed E-state index contributed by atoms with van der Waals surface area (Å²) in [5.41, 5.74) is 0.900. The second-order valence-electron chi connectivity index (χ2n) is 5.66. The molecule has 1 fully saturated rings. The summed E-state index contributed by atoms with van der Waals surface area (Å²) >= 11 is 0. The van der Waals surface area contributed by atoms with Crippen molar-refractivity contribution in [1.82, 2.24) is 4.90 Å². The number of β-amino-alcohol motifs (C(OH)–C–C–N with tert-alkyl or cyclic N) is 1. The van der Waals surface area contributed by atoms with Gasteiger partial charge in [-0.15, -0.1) is 0 Å². The molecule has 0 aliphatic carbocycles. The van der Waals surface area contributed by atoms with Gasteiger partial charge in [-0.25, -0.2) is 0 Å². The van der Waals surface area contributed by atoms with Crippen molar-refractivity contribution < 1.29 is 9.84 Å². The Kier molecular flexibility index (Phi) is 4.83. The average Bonchev–Trinajstić information content (AvgIpc) is 2.69. The van der Waals surface area contributed by atoms with E-state index in [0.717, 1.165) is 24.4 Å². The van der Waals surface area contributed by atoms with E-state index >= 15 is 0 Å². The maximum Gasteiger partial charge on any atom is 0.125 e. The molecule has 3 unspecified atom stereocenters. The molecule has 3 heteroatoms. The minimum atomic E-state index is -0.472. The number of hydrogen-bond donors (Lipinski definition) is 1. The Morgan fingerprint density at radius 2 is 1.89 bits per heavy atom. The van der Waals surface area contributed by atoms with Crippen LogP contribution in [0.15, 0.2) is 24.3 Å². The van der Waals surface area contributed by atoms with Gasteiger partial charge >= 0.3 is 0 Å². The van der Waals surface area contributed by atoms with Crippen LogP contribution in [0.4, 0.5) is 0 Å². The minimum absolute atomic E-state index is 0.472. The van der Waals surface area contributed by atoms with Crippen molar-refractivity contribution in [2.75, 3.05) is 26.2 Å². The third-order valence-corrected chi connectivity index (χ3v) is 4.07. The Bertz CT molecular complexity index is 397. The fourth-order valence-corrected chi connectivity index (χ4v) is 2.78. The van der Waals surface area contributed by atoms with E-state index in [-0.39, 0.29) is 0 Å². The summed E-state index contributed by atoms with van der Waals surface area (Å²) in [5, 5.41) is 10.4. The molecule has 106 valence electrons. The van der Waals surface area contributed by atoms with Crippen LogP contribution in [0.2, 0.25) is 0 Å². The lowest BCUT2D eigenvalue weighted by Gasteiger charge is -2.21. The topological polar surface area (TPSA) is 32.7 Å². The predicted octanol–water partition coefficient (Wildman–Crippen LogP) is 2.71. The van der Waals surface area contributed by atoms with Crippen molar-refractivity contribution in [3.8, 4) is 5.75 Å². The molecule has 3 atom stereocenters. The fourth-order valence-electron chi connectivity index (χ4n) is 2.78. The summed E-state index contributed by atoms with van der Waals surface area (Å²) in [6.07, 6.45) is -0.472. The predicted molar refractivity (Wildman–Crippen MR) is 77.3 cm³/mol. The molecule has 1 heterocycles. The first-order valence-corrected chi connectivity index (χ1v) is 7.24. The van der Waals surface area contributed by atoms with Gasteiger partial charge < -0.3 is 9.84 Å². The molecule has 2 rings (SSSR count). The number of ether oxygens (including phenoxy) is 1. The molecular formula is C16H25NO2. The molecule has 19 heavy (non-hydrogen) atoms. The molecule has 0 amide bonds. The highest BCUT2D eigenvalue weighted by Crippen LogP contribution is 2.28. The van der Waals surface area contributed by atoms with Crippen LogP contribution in [0.1, 0.15) is 32.4 Å². The highest BCUT2D eigenvalue weighted by atomic mass is 16.5. The number of aliphatic hydroxyl groups is 1. The third kappa shape index (κ3) is 3.48. The van der Waals surface area contributed by atoms with E-state index in [4.69, 9.17) is 4.74 Å². The normalized spacial score (nSPS) is 25.5. The van der Waals surface area contributed by atoms with Crippen LogP contribution in [0.3, 0.4) is 0 Å². The highest BCUT2D eigenvalue weighted by molar-refractivity contribution is 5.35. The number of benzene rings is 1. The van der Waals surface area contributed by atoms with Gasteiger partial charge in [0.15, 0.2) is 0 Å². The monoisotopic (exact) mass is 263 g/mol. The summed E-state index contributed by atoms with van der Waals surface area (Å²) in [5.74, 6) is 2.24. The van der Waals surface area contributed by atoms with Gasteiger partial charge in [0.25, 0.3) is 0 Å². The maximum absolute atomic E-state index is 10.4. The van der Waals surface area contributed by atoms with Gasteiger partial charge in [-0.05, 0) is 24.8 Å². The molecule has 0 saturated carbocycles. The number of likely N-dealkylation sites (tertiary alicyclic amines) is 1. The number of hydrogen-bond acceptors (Lipinski definition) is 3. The molecule has 1 aliphatic heterocycles. The SMILES string of the molecule is CCOc1ccccc1C(O)CN1CC(C)C(C)C1. The Morgan fingerprint density at radius 3 is 2.53 bits per heavy atom. The van der Waals surface area contributed by atoms with Gasteiger partial charge in [0.1, 0.15) is 5.75 Å². The van der Waals surface area contributed by atoms with Crippen molar-refractivity contribution in [2.24, 2.45) is 11.8 Å². The zero-order valence-electron chi connectivity index (χ0n) is 12.2. The first-order chi connectivity index (χ1) is 9.11. The molecular weight excluding hydrogens is 238 g/mol. The molecule has 1 N–H and O–H groups in total. The van der Waals surface area contributed by atoms with Crippen molar-refractivity contribution in [1.29, 1.82) is 0 Å². The zero-order chi connectivity index (χ0) is 13.8. The van der Waals surface area contributed by atoms with Gasteiger partial charge in [-0.2, -0.15) is 0 Å².